The largest absolute Gasteiger partial charge is 0.493 e. The van der Waals surface area contributed by atoms with Crippen LogP contribution < -0.4 is 14.8 Å². The Labute approximate surface area is 214 Å². The highest BCUT2D eigenvalue weighted by atomic mass is 127. The van der Waals surface area contributed by atoms with Crippen LogP contribution in [0.1, 0.15) is 21.5 Å². The molecule has 172 valence electrons. The molecule has 0 radical (unpaired) electrons. The van der Waals surface area contributed by atoms with Gasteiger partial charge in [0.05, 0.1) is 17.7 Å². The number of amides is 1. The highest BCUT2D eigenvalue weighted by Gasteiger charge is 2.15. The molecule has 0 bridgehead atoms. The molecule has 2 N–H and O–H groups in total. The number of halogens is 2. The smallest absolute Gasteiger partial charge is 0.335 e. The molecule has 0 aromatic heterocycles. The van der Waals surface area contributed by atoms with Gasteiger partial charge in [-0.05, 0) is 82.3 Å². The number of carbonyl (C=O) groups excluding carboxylic acids is 1. The molecule has 3 aromatic carbocycles. The van der Waals surface area contributed by atoms with E-state index >= 15 is 0 Å². The summed E-state index contributed by atoms with van der Waals surface area (Å²) in [6.45, 7) is 0.281. The molecule has 0 heterocycles. The molecule has 0 saturated carbocycles. The highest BCUT2D eigenvalue weighted by Crippen LogP contribution is 2.37. The number of benzene rings is 3. The topological polar surface area (TPSA) is 109 Å². The fourth-order valence-electron chi connectivity index (χ4n) is 2.94. The first kappa shape index (κ1) is 25.1. The molecule has 34 heavy (non-hydrogen) atoms. The number of carboxylic acids is 1. The summed E-state index contributed by atoms with van der Waals surface area (Å²) in [5, 5.41) is 21.4. The van der Waals surface area contributed by atoms with Gasteiger partial charge in [-0.25, -0.2) is 4.79 Å². The lowest BCUT2D eigenvalue weighted by Gasteiger charge is -2.14. The fraction of sp³-hybridized carbons (Fsp3) is 0.0800. The number of rotatable bonds is 8. The molecule has 0 aliphatic carbocycles. The summed E-state index contributed by atoms with van der Waals surface area (Å²) in [6, 6.07) is 18.6. The van der Waals surface area contributed by atoms with E-state index in [4.69, 9.17) is 26.2 Å². The van der Waals surface area contributed by atoms with E-state index in [1.54, 1.807) is 12.1 Å². The van der Waals surface area contributed by atoms with Crippen LogP contribution >= 0.6 is 34.2 Å². The van der Waals surface area contributed by atoms with Crippen LogP contribution in [0.25, 0.3) is 6.08 Å². The van der Waals surface area contributed by atoms with Gasteiger partial charge in [0.25, 0.3) is 5.91 Å². The van der Waals surface area contributed by atoms with Crippen LogP contribution in [-0.2, 0) is 11.4 Å². The van der Waals surface area contributed by atoms with Gasteiger partial charge in [0.2, 0.25) is 0 Å². The van der Waals surface area contributed by atoms with Crippen LogP contribution in [0.2, 0.25) is 5.02 Å². The molecule has 3 aromatic rings. The Morgan fingerprint density at radius 1 is 1.18 bits per heavy atom. The number of nitriles is 1. The number of hydrogen-bond acceptors (Lipinski definition) is 5. The van der Waals surface area contributed by atoms with Crippen molar-refractivity contribution in [2.75, 3.05) is 12.4 Å². The van der Waals surface area contributed by atoms with Gasteiger partial charge in [-0.3, -0.25) is 4.79 Å². The van der Waals surface area contributed by atoms with Gasteiger partial charge in [-0.2, -0.15) is 5.26 Å². The van der Waals surface area contributed by atoms with Gasteiger partial charge < -0.3 is 19.9 Å². The lowest BCUT2D eigenvalue weighted by atomic mass is 10.1. The molecule has 7 nitrogen and oxygen atoms in total. The number of anilines is 1. The number of methoxy groups -OCH3 is 1. The first-order valence-corrected chi connectivity index (χ1v) is 11.3. The number of nitrogens with zero attached hydrogens (tertiary/aromatic N) is 1. The van der Waals surface area contributed by atoms with Crippen molar-refractivity contribution in [1.29, 1.82) is 5.26 Å². The zero-order valence-electron chi connectivity index (χ0n) is 17.8. The number of carboxylic acid groups (broad SMARTS) is 1. The highest BCUT2D eigenvalue weighted by molar-refractivity contribution is 14.1. The Hall–Kier alpha value is -3.55. The van der Waals surface area contributed by atoms with E-state index < -0.39 is 11.9 Å². The average molecular weight is 589 g/mol. The Morgan fingerprint density at radius 2 is 1.91 bits per heavy atom. The van der Waals surface area contributed by atoms with Gasteiger partial charge in [-0.15, -0.1) is 0 Å². The summed E-state index contributed by atoms with van der Waals surface area (Å²) < 4.78 is 12.4. The first-order valence-electron chi connectivity index (χ1n) is 9.82. The van der Waals surface area contributed by atoms with Crippen molar-refractivity contribution in [1.82, 2.24) is 0 Å². The SMILES string of the molecule is COc1cc(/C=C(/C#N)C(=O)Nc2cccc(C(=O)O)c2)cc(Cl)c1OCc1ccc(I)cc1. The molecule has 9 heteroatoms. The molecular formula is C25H18ClIN2O5. The molecule has 0 aliphatic heterocycles. The van der Waals surface area contributed by atoms with Crippen molar-refractivity contribution in [3.63, 3.8) is 0 Å². The number of aromatic carboxylic acids is 1. The summed E-state index contributed by atoms with van der Waals surface area (Å²) in [5.74, 6) is -1.14. The Bertz CT molecular complexity index is 1300. The molecule has 0 unspecified atom stereocenters. The normalized spacial score (nSPS) is 10.8. The third kappa shape index (κ3) is 6.50. The maximum absolute atomic E-state index is 12.6. The Morgan fingerprint density at radius 3 is 2.56 bits per heavy atom. The minimum absolute atomic E-state index is 0.0117. The summed E-state index contributed by atoms with van der Waals surface area (Å²) in [5.41, 5.74) is 1.47. The Kier molecular flexibility index (Phi) is 8.51. The molecule has 0 saturated heterocycles. The fourth-order valence-corrected chi connectivity index (χ4v) is 3.58. The minimum Gasteiger partial charge on any atom is -0.493 e. The molecule has 3 rings (SSSR count). The van der Waals surface area contributed by atoms with E-state index in [0.717, 1.165) is 9.13 Å². The predicted molar refractivity (Wildman–Crippen MR) is 137 cm³/mol. The second kappa shape index (κ2) is 11.5. The van der Waals surface area contributed by atoms with Crippen LogP contribution in [0.4, 0.5) is 5.69 Å². The van der Waals surface area contributed by atoms with Crippen LogP contribution in [-0.4, -0.2) is 24.1 Å². The van der Waals surface area contributed by atoms with Gasteiger partial charge >= 0.3 is 5.97 Å². The van der Waals surface area contributed by atoms with E-state index in [2.05, 4.69) is 27.9 Å². The lowest BCUT2D eigenvalue weighted by molar-refractivity contribution is -0.112. The maximum Gasteiger partial charge on any atom is 0.335 e. The molecule has 0 spiro atoms. The monoisotopic (exact) mass is 588 g/mol. The van der Waals surface area contributed by atoms with Gasteiger partial charge in [-0.1, -0.05) is 29.8 Å². The number of nitrogens with one attached hydrogen (secondary N) is 1. The van der Waals surface area contributed by atoms with Gasteiger partial charge in [0, 0.05) is 9.26 Å². The van der Waals surface area contributed by atoms with E-state index in [-0.39, 0.29) is 28.5 Å². The number of ether oxygens (including phenoxy) is 2. The third-order valence-corrected chi connectivity index (χ3v) is 5.59. The molecule has 1 amide bonds. The minimum atomic E-state index is -1.13. The van der Waals surface area contributed by atoms with E-state index in [9.17, 15) is 14.9 Å². The van der Waals surface area contributed by atoms with Crippen LogP contribution in [0.15, 0.2) is 66.2 Å². The quantitative estimate of drug-likeness (QED) is 0.196. The summed E-state index contributed by atoms with van der Waals surface area (Å²) in [7, 11) is 1.46. The number of hydrogen-bond donors (Lipinski definition) is 2. The average Bonchev–Trinajstić information content (AvgIpc) is 2.82. The van der Waals surface area contributed by atoms with E-state index in [1.165, 1.54) is 37.5 Å². The van der Waals surface area contributed by atoms with Crippen LogP contribution in [0.3, 0.4) is 0 Å². The van der Waals surface area contributed by atoms with Gasteiger partial charge in [0.15, 0.2) is 11.5 Å². The number of carbonyl (C=O) groups is 2. The molecule has 0 fully saturated rings. The summed E-state index contributed by atoms with van der Waals surface area (Å²) in [4.78, 5) is 23.7. The zero-order valence-corrected chi connectivity index (χ0v) is 20.8. The van der Waals surface area contributed by atoms with Crippen molar-refractivity contribution in [2.24, 2.45) is 0 Å². The van der Waals surface area contributed by atoms with Crippen molar-refractivity contribution in [3.8, 4) is 17.6 Å². The van der Waals surface area contributed by atoms with Crippen molar-refractivity contribution < 1.29 is 24.2 Å². The molecule has 0 aliphatic rings. The van der Waals surface area contributed by atoms with E-state index in [1.807, 2.05) is 30.3 Å². The second-order valence-corrected chi connectivity index (χ2v) is 8.61. The van der Waals surface area contributed by atoms with Crippen molar-refractivity contribution in [3.05, 3.63) is 91.5 Å². The van der Waals surface area contributed by atoms with Crippen LogP contribution in [0, 0.1) is 14.9 Å². The molecular weight excluding hydrogens is 571 g/mol. The van der Waals surface area contributed by atoms with Gasteiger partial charge in [0.1, 0.15) is 18.2 Å². The lowest BCUT2D eigenvalue weighted by Crippen LogP contribution is -2.14. The second-order valence-electron chi connectivity index (χ2n) is 6.96. The predicted octanol–water partition coefficient (Wildman–Crippen LogP) is 5.78. The summed E-state index contributed by atoms with van der Waals surface area (Å²) in [6.07, 6.45) is 1.35. The standard InChI is InChI=1S/C25H18ClIN2O5/c1-33-22-11-16(10-21(26)23(22)34-14-15-5-7-19(27)8-6-15)9-18(13-28)24(30)29-20-4-2-3-17(12-20)25(31)32/h2-12H,14H2,1H3,(H,29,30)(H,31,32)/b18-9-. The summed E-state index contributed by atoms with van der Waals surface area (Å²) >= 11 is 8.63. The Balaban J connectivity index is 1.81. The van der Waals surface area contributed by atoms with E-state index in [0.29, 0.717) is 17.1 Å². The maximum atomic E-state index is 12.6. The molecule has 0 atom stereocenters. The first-order chi connectivity index (χ1) is 16.3. The van der Waals surface area contributed by atoms with Crippen molar-refractivity contribution in [2.45, 2.75) is 6.61 Å². The van der Waals surface area contributed by atoms with Crippen LogP contribution in [0.5, 0.6) is 11.5 Å². The van der Waals surface area contributed by atoms with Crippen molar-refractivity contribution >= 4 is 57.8 Å². The third-order valence-electron chi connectivity index (χ3n) is 4.59. The zero-order chi connectivity index (χ0) is 24.7.